The van der Waals surface area contributed by atoms with Gasteiger partial charge in [-0.05, 0) is 43.4 Å². The highest BCUT2D eigenvalue weighted by molar-refractivity contribution is 5.91. The number of aryl methyl sites for hydroxylation is 1. The minimum atomic E-state index is -0.114. The number of amides is 3. The smallest absolute Gasteiger partial charge is 0.321 e. The number of ether oxygens (including phenoxy) is 1. The minimum Gasteiger partial charge on any atom is -0.495 e. The van der Waals surface area contributed by atoms with Gasteiger partial charge < -0.3 is 20.3 Å². The molecule has 0 atom stereocenters. The molecule has 0 aliphatic carbocycles. The van der Waals surface area contributed by atoms with Crippen LogP contribution < -0.4 is 15.4 Å². The Morgan fingerprint density at radius 2 is 1.86 bits per heavy atom. The van der Waals surface area contributed by atoms with Gasteiger partial charge in [0.25, 0.3) is 0 Å². The number of rotatable bonds is 6. The lowest BCUT2D eigenvalue weighted by atomic mass is 9.97. The van der Waals surface area contributed by atoms with Crippen LogP contribution in [0.5, 0.6) is 5.75 Å². The molecule has 0 aromatic heterocycles. The molecule has 1 aliphatic heterocycles. The van der Waals surface area contributed by atoms with Crippen molar-refractivity contribution in [1.82, 2.24) is 10.2 Å². The maximum Gasteiger partial charge on any atom is 0.321 e. The molecule has 0 saturated carbocycles. The fraction of sp³-hybridized carbons (Fsp3) is 0.391. The van der Waals surface area contributed by atoms with Crippen LogP contribution in [0.4, 0.5) is 10.5 Å². The van der Waals surface area contributed by atoms with Gasteiger partial charge in [0.1, 0.15) is 5.75 Å². The van der Waals surface area contributed by atoms with Crippen molar-refractivity contribution in [3.05, 3.63) is 59.7 Å². The van der Waals surface area contributed by atoms with Crippen molar-refractivity contribution in [2.24, 2.45) is 5.92 Å². The molecule has 0 bridgehead atoms. The maximum atomic E-state index is 12.5. The van der Waals surface area contributed by atoms with E-state index in [1.54, 1.807) is 7.11 Å². The average molecular weight is 396 g/mol. The van der Waals surface area contributed by atoms with Gasteiger partial charge in [-0.1, -0.05) is 42.0 Å². The quantitative estimate of drug-likeness (QED) is 0.785. The van der Waals surface area contributed by atoms with Gasteiger partial charge in [0.2, 0.25) is 5.91 Å². The maximum absolute atomic E-state index is 12.5. The van der Waals surface area contributed by atoms with E-state index in [1.807, 2.05) is 60.4 Å². The molecule has 3 amide bonds. The topological polar surface area (TPSA) is 70.7 Å². The van der Waals surface area contributed by atoms with E-state index in [-0.39, 0.29) is 11.9 Å². The number of likely N-dealkylation sites (tertiary alicyclic amines) is 1. The largest absolute Gasteiger partial charge is 0.495 e. The second-order valence-corrected chi connectivity index (χ2v) is 7.53. The Kier molecular flexibility index (Phi) is 7.11. The predicted molar refractivity (Wildman–Crippen MR) is 114 cm³/mol. The number of nitrogens with zero attached hydrogens (tertiary/aromatic N) is 1. The summed E-state index contributed by atoms with van der Waals surface area (Å²) in [5.41, 5.74) is 2.87. The van der Waals surface area contributed by atoms with Gasteiger partial charge in [0, 0.05) is 19.6 Å². The summed E-state index contributed by atoms with van der Waals surface area (Å²) in [6, 6.07) is 15.3. The summed E-state index contributed by atoms with van der Waals surface area (Å²) >= 11 is 0. The highest BCUT2D eigenvalue weighted by atomic mass is 16.5. The lowest BCUT2D eigenvalue weighted by Gasteiger charge is -2.32. The van der Waals surface area contributed by atoms with Crippen molar-refractivity contribution in [3.8, 4) is 5.75 Å². The van der Waals surface area contributed by atoms with E-state index in [9.17, 15) is 9.59 Å². The van der Waals surface area contributed by atoms with Crippen molar-refractivity contribution in [1.29, 1.82) is 0 Å². The standard InChI is InChI=1S/C23H29N3O3/c1-17-6-5-7-19(14-17)15-22(27)24-16-18-10-12-26(13-11-18)23(28)25-20-8-3-4-9-21(20)29-2/h3-9,14,18H,10-13,15-16H2,1-2H3,(H,24,27)(H,25,28). The summed E-state index contributed by atoms with van der Waals surface area (Å²) in [7, 11) is 1.59. The Balaban J connectivity index is 1.41. The first kappa shape index (κ1) is 20.7. The summed E-state index contributed by atoms with van der Waals surface area (Å²) in [6.45, 7) is 4.05. The van der Waals surface area contributed by atoms with Gasteiger partial charge in [0.05, 0.1) is 19.2 Å². The van der Waals surface area contributed by atoms with Gasteiger partial charge >= 0.3 is 6.03 Å². The Morgan fingerprint density at radius 1 is 1.10 bits per heavy atom. The predicted octanol–water partition coefficient (Wildman–Crippen LogP) is 3.61. The monoisotopic (exact) mass is 395 g/mol. The Bertz CT molecular complexity index is 845. The van der Waals surface area contributed by atoms with E-state index in [0.717, 1.165) is 24.0 Å². The molecule has 6 nitrogen and oxygen atoms in total. The van der Waals surface area contributed by atoms with Gasteiger partial charge in [-0.2, -0.15) is 0 Å². The number of hydrogen-bond donors (Lipinski definition) is 2. The summed E-state index contributed by atoms with van der Waals surface area (Å²) in [4.78, 5) is 26.6. The number of urea groups is 1. The number of piperidine rings is 1. The van der Waals surface area contributed by atoms with E-state index in [1.165, 1.54) is 0 Å². The molecule has 3 rings (SSSR count). The summed E-state index contributed by atoms with van der Waals surface area (Å²) in [6.07, 6.45) is 2.16. The van der Waals surface area contributed by atoms with E-state index in [0.29, 0.717) is 43.4 Å². The van der Waals surface area contributed by atoms with Crippen LogP contribution in [0.2, 0.25) is 0 Å². The first-order valence-corrected chi connectivity index (χ1v) is 10.1. The Labute approximate surface area is 172 Å². The van der Waals surface area contributed by atoms with Gasteiger partial charge in [0.15, 0.2) is 0 Å². The fourth-order valence-electron chi connectivity index (χ4n) is 3.61. The van der Waals surface area contributed by atoms with Crippen LogP contribution in [0.3, 0.4) is 0 Å². The highest BCUT2D eigenvalue weighted by Gasteiger charge is 2.23. The summed E-state index contributed by atoms with van der Waals surface area (Å²) in [5, 5.41) is 5.97. The molecule has 1 heterocycles. The second-order valence-electron chi connectivity index (χ2n) is 7.53. The normalized spacial score (nSPS) is 14.3. The number of anilines is 1. The zero-order valence-electron chi connectivity index (χ0n) is 17.1. The van der Waals surface area contributed by atoms with Crippen LogP contribution in [-0.2, 0) is 11.2 Å². The Hall–Kier alpha value is -3.02. The van der Waals surface area contributed by atoms with E-state index < -0.39 is 0 Å². The Morgan fingerprint density at radius 3 is 2.59 bits per heavy atom. The van der Waals surface area contributed by atoms with E-state index in [2.05, 4.69) is 10.6 Å². The first-order chi connectivity index (χ1) is 14.0. The molecule has 154 valence electrons. The third-order valence-corrected chi connectivity index (χ3v) is 5.29. The highest BCUT2D eigenvalue weighted by Crippen LogP contribution is 2.24. The number of hydrogen-bond acceptors (Lipinski definition) is 3. The van der Waals surface area contributed by atoms with Gasteiger partial charge in [-0.15, -0.1) is 0 Å². The number of carbonyl (C=O) groups excluding carboxylic acids is 2. The zero-order valence-corrected chi connectivity index (χ0v) is 17.1. The first-order valence-electron chi connectivity index (χ1n) is 10.1. The molecule has 6 heteroatoms. The molecule has 2 aromatic rings. The van der Waals surface area contributed by atoms with Crippen LogP contribution >= 0.6 is 0 Å². The van der Waals surface area contributed by atoms with Gasteiger partial charge in [-0.3, -0.25) is 4.79 Å². The van der Waals surface area contributed by atoms with Crippen LogP contribution in [0, 0.1) is 12.8 Å². The number of para-hydroxylation sites is 2. The van der Waals surface area contributed by atoms with Crippen molar-refractivity contribution >= 4 is 17.6 Å². The van der Waals surface area contributed by atoms with Crippen LogP contribution in [0.15, 0.2) is 48.5 Å². The molecular weight excluding hydrogens is 366 g/mol. The number of carbonyl (C=O) groups is 2. The molecule has 1 aliphatic rings. The number of nitrogens with one attached hydrogen (secondary N) is 2. The van der Waals surface area contributed by atoms with Crippen LogP contribution in [0.1, 0.15) is 24.0 Å². The molecule has 2 aromatic carbocycles. The van der Waals surface area contributed by atoms with Crippen molar-refractivity contribution < 1.29 is 14.3 Å². The van der Waals surface area contributed by atoms with E-state index in [4.69, 9.17) is 4.74 Å². The zero-order chi connectivity index (χ0) is 20.6. The third-order valence-electron chi connectivity index (χ3n) is 5.29. The second kappa shape index (κ2) is 9.96. The third kappa shape index (κ3) is 5.98. The number of benzene rings is 2. The molecule has 0 spiro atoms. The van der Waals surface area contributed by atoms with Gasteiger partial charge in [-0.25, -0.2) is 4.79 Å². The lowest BCUT2D eigenvalue weighted by molar-refractivity contribution is -0.120. The molecule has 0 radical (unpaired) electrons. The average Bonchev–Trinajstić information content (AvgIpc) is 2.73. The minimum absolute atomic E-state index is 0.0481. The molecule has 29 heavy (non-hydrogen) atoms. The summed E-state index contributed by atoms with van der Waals surface area (Å²) in [5.74, 6) is 1.09. The summed E-state index contributed by atoms with van der Waals surface area (Å²) < 4.78 is 5.28. The fourth-order valence-corrected chi connectivity index (χ4v) is 3.61. The van der Waals surface area contributed by atoms with Crippen LogP contribution in [-0.4, -0.2) is 43.6 Å². The van der Waals surface area contributed by atoms with Crippen LogP contribution in [0.25, 0.3) is 0 Å². The molecule has 1 saturated heterocycles. The molecule has 0 unspecified atom stereocenters. The van der Waals surface area contributed by atoms with Crippen molar-refractivity contribution in [3.63, 3.8) is 0 Å². The van der Waals surface area contributed by atoms with Crippen molar-refractivity contribution in [2.45, 2.75) is 26.2 Å². The molecule has 2 N–H and O–H groups in total. The van der Waals surface area contributed by atoms with Crippen molar-refractivity contribution in [2.75, 3.05) is 32.1 Å². The van der Waals surface area contributed by atoms with E-state index >= 15 is 0 Å². The lowest BCUT2D eigenvalue weighted by Crippen LogP contribution is -2.43. The molecule has 1 fully saturated rings. The SMILES string of the molecule is COc1ccccc1NC(=O)N1CCC(CNC(=O)Cc2cccc(C)c2)CC1. The number of methoxy groups -OCH3 is 1. The molecular formula is C23H29N3O3.